The highest BCUT2D eigenvalue weighted by Gasteiger charge is 2.10. The third kappa shape index (κ3) is 5.65. The van der Waals surface area contributed by atoms with E-state index in [1.165, 1.54) is 0 Å². The highest BCUT2D eigenvalue weighted by Crippen LogP contribution is 2.24. The number of rotatable bonds is 8. The van der Waals surface area contributed by atoms with Gasteiger partial charge < -0.3 is 14.8 Å². The average Bonchev–Trinajstić information content (AvgIpc) is 2.60. The van der Waals surface area contributed by atoms with Crippen LogP contribution >= 0.6 is 23.4 Å². The molecule has 0 aromatic heterocycles. The molecule has 0 aliphatic carbocycles. The maximum absolute atomic E-state index is 12.1. The molecule has 2 aromatic carbocycles. The van der Waals surface area contributed by atoms with E-state index < -0.39 is 0 Å². The molecule has 6 heteroatoms. The zero-order chi connectivity index (χ0) is 17.4. The summed E-state index contributed by atoms with van der Waals surface area (Å²) >= 11 is 7.53. The molecule has 0 bridgehead atoms. The highest BCUT2D eigenvalue weighted by molar-refractivity contribution is 7.99. The van der Waals surface area contributed by atoms with Gasteiger partial charge in [0.15, 0.2) is 0 Å². The van der Waals surface area contributed by atoms with Crippen LogP contribution in [0.5, 0.6) is 11.5 Å². The minimum Gasteiger partial charge on any atom is -0.497 e. The number of nitrogens with one attached hydrogen (secondary N) is 1. The first-order valence-corrected chi connectivity index (χ1v) is 8.84. The number of ether oxygens (including phenoxy) is 2. The van der Waals surface area contributed by atoms with Gasteiger partial charge in [0.1, 0.15) is 11.5 Å². The minimum absolute atomic E-state index is 0.0433. The maximum atomic E-state index is 12.1. The number of hydrogen-bond acceptors (Lipinski definition) is 4. The Labute approximate surface area is 151 Å². The quantitative estimate of drug-likeness (QED) is 0.571. The summed E-state index contributed by atoms with van der Waals surface area (Å²) < 4.78 is 10.5. The zero-order valence-corrected chi connectivity index (χ0v) is 15.2. The summed E-state index contributed by atoms with van der Waals surface area (Å²) in [5.74, 6) is 2.14. The van der Waals surface area contributed by atoms with Crippen LogP contribution in [0.3, 0.4) is 0 Å². The largest absolute Gasteiger partial charge is 0.497 e. The highest BCUT2D eigenvalue weighted by atomic mass is 35.5. The van der Waals surface area contributed by atoms with Crippen molar-refractivity contribution in [1.82, 2.24) is 5.32 Å². The summed E-state index contributed by atoms with van der Waals surface area (Å²) in [6.07, 6.45) is 0.256. The Hall–Kier alpha value is -1.85. The van der Waals surface area contributed by atoms with Gasteiger partial charge in [-0.25, -0.2) is 0 Å². The van der Waals surface area contributed by atoms with Crippen LogP contribution in [0.4, 0.5) is 0 Å². The molecule has 1 N–H and O–H groups in total. The van der Waals surface area contributed by atoms with Crippen LogP contribution < -0.4 is 14.8 Å². The minimum atomic E-state index is -0.0433. The van der Waals surface area contributed by atoms with Crippen molar-refractivity contribution in [3.8, 4) is 11.5 Å². The van der Waals surface area contributed by atoms with E-state index >= 15 is 0 Å². The normalized spacial score (nSPS) is 10.3. The van der Waals surface area contributed by atoms with Crippen molar-refractivity contribution in [2.45, 2.75) is 11.3 Å². The van der Waals surface area contributed by atoms with Crippen molar-refractivity contribution in [3.63, 3.8) is 0 Å². The summed E-state index contributed by atoms with van der Waals surface area (Å²) in [6, 6.07) is 13.1. The van der Waals surface area contributed by atoms with Gasteiger partial charge in [0, 0.05) is 27.8 Å². The summed E-state index contributed by atoms with van der Waals surface area (Å²) in [5, 5.41) is 3.64. The van der Waals surface area contributed by atoms with Gasteiger partial charge >= 0.3 is 0 Å². The molecule has 1 amide bonds. The molecule has 0 spiro atoms. The predicted molar refractivity (Wildman–Crippen MR) is 98.4 cm³/mol. The smallest absolute Gasteiger partial charge is 0.224 e. The second-order valence-corrected chi connectivity index (χ2v) is 6.61. The van der Waals surface area contributed by atoms with Gasteiger partial charge in [-0.2, -0.15) is 0 Å². The molecule has 0 radical (unpaired) electrons. The van der Waals surface area contributed by atoms with E-state index in [1.54, 1.807) is 32.0 Å². The average molecular weight is 366 g/mol. The van der Waals surface area contributed by atoms with Gasteiger partial charge in [-0.3, -0.25) is 4.79 Å². The van der Waals surface area contributed by atoms with Crippen LogP contribution in [0.15, 0.2) is 47.4 Å². The van der Waals surface area contributed by atoms with E-state index in [4.69, 9.17) is 21.1 Å². The Morgan fingerprint density at radius 2 is 1.88 bits per heavy atom. The first-order valence-electron chi connectivity index (χ1n) is 7.48. The van der Waals surface area contributed by atoms with Gasteiger partial charge in [0.25, 0.3) is 0 Å². The molecule has 0 saturated carbocycles. The molecule has 128 valence electrons. The van der Waals surface area contributed by atoms with E-state index in [0.29, 0.717) is 18.0 Å². The number of benzene rings is 2. The Bertz CT molecular complexity index is 676. The topological polar surface area (TPSA) is 47.6 Å². The fourth-order valence-electron chi connectivity index (χ4n) is 2.15. The summed E-state index contributed by atoms with van der Waals surface area (Å²) in [5.41, 5.74) is 0.805. The summed E-state index contributed by atoms with van der Waals surface area (Å²) in [6.45, 7) is 0.596. The molecule has 0 unspecified atom stereocenters. The molecular formula is C18H20ClNO3S. The lowest BCUT2D eigenvalue weighted by Gasteiger charge is -2.11. The van der Waals surface area contributed by atoms with Crippen LogP contribution in [0.1, 0.15) is 5.56 Å². The number of thioether (sulfide) groups is 1. The molecule has 4 nitrogen and oxygen atoms in total. The van der Waals surface area contributed by atoms with Crippen molar-refractivity contribution >= 4 is 29.3 Å². The van der Waals surface area contributed by atoms with Crippen molar-refractivity contribution in [1.29, 1.82) is 0 Å². The lowest BCUT2D eigenvalue weighted by molar-refractivity contribution is -0.120. The fourth-order valence-corrected chi connectivity index (χ4v) is 3.04. The number of amides is 1. The number of methoxy groups -OCH3 is 2. The lowest BCUT2D eigenvalue weighted by Crippen LogP contribution is -2.27. The Morgan fingerprint density at radius 3 is 2.54 bits per heavy atom. The lowest BCUT2D eigenvalue weighted by atomic mass is 10.1. The SMILES string of the molecule is COc1ccc(OC)c(CC(=O)NCCSc2ccc(Cl)cc2)c1. The maximum Gasteiger partial charge on any atom is 0.224 e. The second-order valence-electron chi connectivity index (χ2n) is 5.01. The van der Waals surface area contributed by atoms with E-state index in [9.17, 15) is 4.79 Å². The van der Waals surface area contributed by atoms with E-state index in [1.807, 2.05) is 36.4 Å². The number of halogens is 1. The molecule has 0 atom stereocenters. The van der Waals surface area contributed by atoms with Gasteiger partial charge in [-0.15, -0.1) is 11.8 Å². The number of carbonyl (C=O) groups is 1. The molecule has 2 aromatic rings. The van der Waals surface area contributed by atoms with E-state index in [-0.39, 0.29) is 12.3 Å². The Balaban J connectivity index is 1.80. The van der Waals surface area contributed by atoms with Crippen LogP contribution in [-0.2, 0) is 11.2 Å². The zero-order valence-electron chi connectivity index (χ0n) is 13.7. The molecule has 0 saturated heterocycles. The molecule has 0 aliphatic heterocycles. The molecule has 24 heavy (non-hydrogen) atoms. The van der Waals surface area contributed by atoms with E-state index in [2.05, 4.69) is 5.32 Å². The van der Waals surface area contributed by atoms with Crippen LogP contribution in [0, 0.1) is 0 Å². The molecular weight excluding hydrogens is 346 g/mol. The Morgan fingerprint density at radius 1 is 1.12 bits per heavy atom. The number of carbonyl (C=O) groups excluding carboxylic acids is 1. The third-order valence-corrected chi connectivity index (χ3v) is 4.61. The first kappa shape index (κ1) is 18.5. The molecule has 2 rings (SSSR count). The van der Waals surface area contributed by atoms with Crippen LogP contribution in [0.25, 0.3) is 0 Å². The van der Waals surface area contributed by atoms with Crippen molar-refractivity contribution in [2.24, 2.45) is 0 Å². The van der Waals surface area contributed by atoms with Crippen LogP contribution in [0.2, 0.25) is 5.02 Å². The molecule has 0 fully saturated rings. The van der Waals surface area contributed by atoms with Crippen molar-refractivity contribution in [3.05, 3.63) is 53.1 Å². The van der Waals surface area contributed by atoms with Crippen molar-refractivity contribution in [2.75, 3.05) is 26.5 Å². The van der Waals surface area contributed by atoms with Gasteiger partial charge in [0.05, 0.1) is 20.6 Å². The van der Waals surface area contributed by atoms with Crippen LogP contribution in [-0.4, -0.2) is 32.4 Å². The summed E-state index contributed by atoms with van der Waals surface area (Å²) in [4.78, 5) is 13.2. The molecule has 0 heterocycles. The monoisotopic (exact) mass is 365 g/mol. The van der Waals surface area contributed by atoms with Crippen molar-refractivity contribution < 1.29 is 14.3 Å². The molecule has 0 aliphatic rings. The van der Waals surface area contributed by atoms with Gasteiger partial charge in [-0.1, -0.05) is 11.6 Å². The van der Waals surface area contributed by atoms with Gasteiger partial charge in [0.2, 0.25) is 5.91 Å². The summed E-state index contributed by atoms with van der Waals surface area (Å²) in [7, 11) is 3.19. The standard InChI is InChI=1S/C18H20ClNO3S/c1-22-15-5-8-17(23-2)13(11-15)12-18(21)20-9-10-24-16-6-3-14(19)4-7-16/h3-8,11H,9-10,12H2,1-2H3,(H,20,21). The van der Waals surface area contributed by atoms with Gasteiger partial charge in [-0.05, 0) is 42.5 Å². The predicted octanol–water partition coefficient (Wildman–Crippen LogP) is 3.81. The van der Waals surface area contributed by atoms with E-state index in [0.717, 1.165) is 21.2 Å². The fraction of sp³-hybridized carbons (Fsp3) is 0.278. The Kier molecular flexibility index (Phi) is 7.28. The third-order valence-electron chi connectivity index (χ3n) is 3.35. The second kappa shape index (κ2) is 9.45. The first-order chi connectivity index (χ1) is 11.6. The number of hydrogen-bond donors (Lipinski definition) is 1.